The van der Waals surface area contributed by atoms with Gasteiger partial charge >= 0.3 is 0 Å². The molecule has 0 spiro atoms. The molecular formula is C12H28N2. The van der Waals surface area contributed by atoms with Crippen LogP contribution in [0.1, 0.15) is 40.0 Å². The van der Waals surface area contributed by atoms with E-state index in [2.05, 4.69) is 38.0 Å². The van der Waals surface area contributed by atoms with E-state index in [9.17, 15) is 0 Å². The zero-order chi connectivity index (χ0) is 11.0. The summed E-state index contributed by atoms with van der Waals surface area (Å²) >= 11 is 0. The van der Waals surface area contributed by atoms with Crippen LogP contribution >= 0.6 is 0 Å². The van der Waals surface area contributed by atoms with Crippen LogP contribution in [0.5, 0.6) is 0 Å². The molecular weight excluding hydrogens is 172 g/mol. The fourth-order valence-corrected chi connectivity index (χ4v) is 1.74. The minimum atomic E-state index is 0.680. The van der Waals surface area contributed by atoms with E-state index in [0.717, 1.165) is 12.5 Å². The highest BCUT2D eigenvalue weighted by Crippen LogP contribution is 2.09. The molecule has 0 aliphatic carbocycles. The Labute approximate surface area is 90.1 Å². The van der Waals surface area contributed by atoms with Gasteiger partial charge in [-0.1, -0.05) is 26.7 Å². The third-order valence-corrected chi connectivity index (χ3v) is 3.16. The molecule has 0 saturated carbocycles. The van der Waals surface area contributed by atoms with Crippen molar-refractivity contribution in [2.45, 2.75) is 46.1 Å². The van der Waals surface area contributed by atoms with Crippen molar-refractivity contribution in [3.05, 3.63) is 0 Å². The number of rotatable bonds is 8. The Hall–Kier alpha value is -0.0800. The van der Waals surface area contributed by atoms with Gasteiger partial charge in [-0.2, -0.15) is 0 Å². The van der Waals surface area contributed by atoms with Crippen LogP contribution in [0, 0.1) is 5.92 Å². The second kappa shape index (κ2) is 8.25. The zero-order valence-corrected chi connectivity index (χ0v) is 10.6. The van der Waals surface area contributed by atoms with Crippen LogP contribution in [0.3, 0.4) is 0 Å². The number of hydrogen-bond acceptors (Lipinski definition) is 2. The normalized spacial score (nSPS) is 15.9. The predicted octanol–water partition coefficient (Wildman–Crippen LogP) is 2.35. The van der Waals surface area contributed by atoms with Crippen LogP contribution < -0.4 is 5.32 Å². The monoisotopic (exact) mass is 200 g/mol. The van der Waals surface area contributed by atoms with Crippen molar-refractivity contribution in [1.29, 1.82) is 0 Å². The molecule has 14 heavy (non-hydrogen) atoms. The summed E-state index contributed by atoms with van der Waals surface area (Å²) in [4.78, 5) is 2.48. The highest BCUT2D eigenvalue weighted by Gasteiger charge is 2.15. The maximum Gasteiger partial charge on any atom is 0.0102 e. The lowest BCUT2D eigenvalue weighted by molar-refractivity contribution is 0.194. The Balaban J connectivity index is 3.68. The average molecular weight is 200 g/mol. The summed E-state index contributed by atoms with van der Waals surface area (Å²) in [7, 11) is 4.27. The van der Waals surface area contributed by atoms with E-state index < -0.39 is 0 Å². The van der Waals surface area contributed by atoms with Crippen LogP contribution in [0.25, 0.3) is 0 Å². The van der Waals surface area contributed by atoms with Gasteiger partial charge in [0.2, 0.25) is 0 Å². The molecule has 0 radical (unpaired) electrons. The van der Waals surface area contributed by atoms with E-state index in [1.807, 2.05) is 7.05 Å². The van der Waals surface area contributed by atoms with Crippen LogP contribution in [0.2, 0.25) is 0 Å². The molecule has 2 unspecified atom stereocenters. The summed E-state index contributed by atoms with van der Waals surface area (Å²) < 4.78 is 0. The summed E-state index contributed by atoms with van der Waals surface area (Å²) in [6.07, 6.45) is 4.01. The third kappa shape index (κ3) is 5.61. The van der Waals surface area contributed by atoms with Gasteiger partial charge in [0.1, 0.15) is 0 Å². The molecule has 1 N–H and O–H groups in total. The summed E-state index contributed by atoms with van der Waals surface area (Å²) in [5.74, 6) is 0.728. The number of nitrogens with one attached hydrogen (secondary N) is 1. The van der Waals surface area contributed by atoms with Crippen molar-refractivity contribution < 1.29 is 0 Å². The fourth-order valence-electron chi connectivity index (χ4n) is 1.74. The second-order valence-corrected chi connectivity index (χ2v) is 4.46. The average Bonchev–Trinajstić information content (AvgIpc) is 2.17. The molecule has 0 heterocycles. The minimum absolute atomic E-state index is 0.680. The van der Waals surface area contributed by atoms with Gasteiger partial charge in [0, 0.05) is 6.04 Å². The molecule has 2 heteroatoms. The molecule has 2 nitrogen and oxygen atoms in total. The van der Waals surface area contributed by atoms with Crippen LogP contribution in [0.4, 0.5) is 0 Å². The Morgan fingerprint density at radius 2 is 1.86 bits per heavy atom. The lowest BCUT2D eigenvalue weighted by Crippen LogP contribution is -2.38. The molecule has 0 aliphatic heterocycles. The van der Waals surface area contributed by atoms with E-state index in [1.165, 1.54) is 25.8 Å². The van der Waals surface area contributed by atoms with Crippen molar-refractivity contribution in [1.82, 2.24) is 10.2 Å². The van der Waals surface area contributed by atoms with E-state index in [0.29, 0.717) is 6.04 Å². The highest BCUT2D eigenvalue weighted by atomic mass is 15.1. The van der Waals surface area contributed by atoms with Gasteiger partial charge in [0.25, 0.3) is 0 Å². The van der Waals surface area contributed by atoms with Gasteiger partial charge in [0.05, 0.1) is 0 Å². The molecule has 0 fully saturated rings. The highest BCUT2D eigenvalue weighted by molar-refractivity contribution is 4.71. The van der Waals surface area contributed by atoms with Gasteiger partial charge in [-0.25, -0.2) is 0 Å². The van der Waals surface area contributed by atoms with Crippen LogP contribution in [0.15, 0.2) is 0 Å². The first-order valence-corrected chi connectivity index (χ1v) is 5.98. The maximum atomic E-state index is 3.24. The Morgan fingerprint density at radius 3 is 2.36 bits per heavy atom. The van der Waals surface area contributed by atoms with Gasteiger partial charge < -0.3 is 10.2 Å². The molecule has 0 bridgehead atoms. The number of nitrogens with zero attached hydrogens (tertiary/aromatic N) is 1. The quantitative estimate of drug-likeness (QED) is 0.605. The lowest BCUT2D eigenvalue weighted by Gasteiger charge is -2.29. The molecule has 0 aromatic carbocycles. The summed E-state index contributed by atoms with van der Waals surface area (Å²) in [6, 6.07) is 0.680. The zero-order valence-electron chi connectivity index (χ0n) is 10.6. The largest absolute Gasteiger partial charge is 0.319 e. The first-order valence-electron chi connectivity index (χ1n) is 5.98. The Bertz CT molecular complexity index is 125. The van der Waals surface area contributed by atoms with E-state index in [-0.39, 0.29) is 0 Å². The maximum absolute atomic E-state index is 3.24. The molecule has 0 aromatic rings. The molecule has 86 valence electrons. The molecule has 0 rings (SSSR count). The van der Waals surface area contributed by atoms with Gasteiger partial charge in [0.15, 0.2) is 0 Å². The van der Waals surface area contributed by atoms with Gasteiger partial charge in [-0.15, -0.1) is 0 Å². The van der Waals surface area contributed by atoms with Crippen molar-refractivity contribution in [2.24, 2.45) is 5.92 Å². The SMILES string of the molecule is CCCCCN(C)C(C)C(C)CNC. The van der Waals surface area contributed by atoms with Crippen molar-refractivity contribution in [3.8, 4) is 0 Å². The van der Waals surface area contributed by atoms with E-state index in [4.69, 9.17) is 0 Å². The first kappa shape index (κ1) is 13.9. The molecule has 0 amide bonds. The van der Waals surface area contributed by atoms with Crippen LogP contribution in [-0.2, 0) is 0 Å². The molecule has 2 atom stereocenters. The van der Waals surface area contributed by atoms with Gasteiger partial charge in [-0.05, 0) is 46.4 Å². The third-order valence-electron chi connectivity index (χ3n) is 3.16. The summed E-state index contributed by atoms with van der Waals surface area (Å²) in [5, 5.41) is 3.24. The summed E-state index contributed by atoms with van der Waals surface area (Å²) in [6.45, 7) is 9.25. The minimum Gasteiger partial charge on any atom is -0.319 e. The molecule has 0 aliphatic rings. The molecule has 0 saturated heterocycles. The molecule has 0 aromatic heterocycles. The summed E-state index contributed by atoms with van der Waals surface area (Å²) in [5.41, 5.74) is 0. The second-order valence-electron chi connectivity index (χ2n) is 4.46. The van der Waals surface area contributed by atoms with E-state index in [1.54, 1.807) is 0 Å². The Morgan fingerprint density at radius 1 is 1.21 bits per heavy atom. The number of hydrogen-bond donors (Lipinski definition) is 1. The topological polar surface area (TPSA) is 15.3 Å². The van der Waals surface area contributed by atoms with E-state index >= 15 is 0 Å². The van der Waals surface area contributed by atoms with Crippen molar-refractivity contribution in [2.75, 3.05) is 27.2 Å². The fraction of sp³-hybridized carbons (Fsp3) is 1.00. The lowest BCUT2D eigenvalue weighted by atomic mass is 10.0. The smallest absolute Gasteiger partial charge is 0.0102 e. The van der Waals surface area contributed by atoms with Crippen LogP contribution in [-0.4, -0.2) is 38.1 Å². The predicted molar refractivity (Wildman–Crippen MR) is 64.7 cm³/mol. The first-order chi connectivity index (χ1) is 6.63. The standard InChI is InChI=1S/C12H28N2/c1-6-7-8-9-14(5)12(3)11(2)10-13-4/h11-13H,6-10H2,1-5H3. The Kier molecular flexibility index (Phi) is 8.20. The number of unbranched alkanes of at least 4 members (excludes halogenated alkanes) is 2. The van der Waals surface area contributed by atoms with Gasteiger partial charge in [-0.3, -0.25) is 0 Å². The van der Waals surface area contributed by atoms with Crippen molar-refractivity contribution in [3.63, 3.8) is 0 Å². The van der Waals surface area contributed by atoms with Crippen molar-refractivity contribution >= 4 is 0 Å².